The van der Waals surface area contributed by atoms with Crippen molar-refractivity contribution < 1.29 is 4.74 Å². The summed E-state index contributed by atoms with van der Waals surface area (Å²) in [5.74, 6) is 2.40. The first kappa shape index (κ1) is 18.7. The molecule has 0 radical (unpaired) electrons. The number of aromatic nitrogens is 2. The van der Waals surface area contributed by atoms with Gasteiger partial charge in [0.25, 0.3) is 0 Å². The Labute approximate surface area is 149 Å². The van der Waals surface area contributed by atoms with Crippen LogP contribution < -0.4 is 4.74 Å². The standard InChI is InChI=1S/C19H31BrN2O/c1-3-5-13-23-19-12-11-17(21-22-19)14-18(20)16-9-7-15(6-4-2)8-10-16/h11-12,15-16,18H,3-10,13-14H2,1-2H3. The van der Waals surface area contributed by atoms with Gasteiger partial charge >= 0.3 is 0 Å². The smallest absolute Gasteiger partial charge is 0.233 e. The van der Waals surface area contributed by atoms with E-state index in [1.807, 2.05) is 6.07 Å². The largest absolute Gasteiger partial charge is 0.477 e. The molecule has 1 aliphatic carbocycles. The van der Waals surface area contributed by atoms with Gasteiger partial charge in [0.15, 0.2) is 0 Å². The third kappa shape index (κ3) is 6.40. The molecule has 0 spiro atoms. The highest BCUT2D eigenvalue weighted by Crippen LogP contribution is 2.36. The Bertz CT molecular complexity index is 430. The van der Waals surface area contributed by atoms with Gasteiger partial charge in [0, 0.05) is 17.3 Å². The van der Waals surface area contributed by atoms with Gasteiger partial charge < -0.3 is 4.74 Å². The van der Waals surface area contributed by atoms with E-state index in [0.29, 0.717) is 10.7 Å². The Hall–Kier alpha value is -0.640. The molecule has 0 aliphatic heterocycles. The predicted molar refractivity (Wildman–Crippen MR) is 99.2 cm³/mol. The van der Waals surface area contributed by atoms with E-state index in [0.717, 1.165) is 43.4 Å². The van der Waals surface area contributed by atoms with Crippen LogP contribution in [-0.4, -0.2) is 21.6 Å². The number of unbranched alkanes of at least 4 members (excludes halogenated alkanes) is 1. The highest BCUT2D eigenvalue weighted by atomic mass is 79.9. The Balaban J connectivity index is 1.75. The summed E-state index contributed by atoms with van der Waals surface area (Å²) in [4.78, 5) is 0.520. The first-order valence-electron chi connectivity index (χ1n) is 9.32. The number of nitrogens with zero attached hydrogens (tertiary/aromatic N) is 2. The Morgan fingerprint density at radius 3 is 2.52 bits per heavy atom. The van der Waals surface area contributed by atoms with Crippen LogP contribution in [0.3, 0.4) is 0 Å². The van der Waals surface area contributed by atoms with E-state index in [1.165, 1.54) is 38.5 Å². The van der Waals surface area contributed by atoms with Gasteiger partial charge in [0.05, 0.1) is 12.3 Å². The highest BCUT2D eigenvalue weighted by Gasteiger charge is 2.26. The molecule has 23 heavy (non-hydrogen) atoms. The lowest BCUT2D eigenvalue weighted by molar-refractivity contribution is 0.258. The topological polar surface area (TPSA) is 35.0 Å². The zero-order valence-corrected chi connectivity index (χ0v) is 16.2. The van der Waals surface area contributed by atoms with E-state index in [1.54, 1.807) is 0 Å². The van der Waals surface area contributed by atoms with Crippen LogP contribution in [0.1, 0.15) is 70.9 Å². The van der Waals surface area contributed by atoms with E-state index in [-0.39, 0.29) is 0 Å². The summed E-state index contributed by atoms with van der Waals surface area (Å²) in [7, 11) is 0. The minimum atomic E-state index is 0.520. The molecule has 1 heterocycles. The van der Waals surface area contributed by atoms with Crippen molar-refractivity contribution in [2.45, 2.75) is 76.5 Å². The van der Waals surface area contributed by atoms with E-state index in [4.69, 9.17) is 4.74 Å². The highest BCUT2D eigenvalue weighted by molar-refractivity contribution is 9.09. The summed E-state index contributed by atoms with van der Waals surface area (Å²) < 4.78 is 5.57. The Morgan fingerprint density at radius 2 is 1.91 bits per heavy atom. The molecule has 0 N–H and O–H groups in total. The number of alkyl halides is 1. The molecule has 0 aromatic carbocycles. The Kier molecular flexibility index (Phi) is 8.35. The van der Waals surface area contributed by atoms with Gasteiger partial charge in [-0.25, -0.2) is 0 Å². The summed E-state index contributed by atoms with van der Waals surface area (Å²) >= 11 is 3.91. The molecular weight excluding hydrogens is 352 g/mol. The maximum Gasteiger partial charge on any atom is 0.233 e. The van der Waals surface area contributed by atoms with Crippen molar-refractivity contribution in [3.8, 4) is 5.88 Å². The fourth-order valence-electron chi connectivity index (χ4n) is 3.47. The number of ether oxygens (including phenoxy) is 1. The molecule has 1 fully saturated rings. The molecule has 1 aromatic rings. The summed E-state index contributed by atoms with van der Waals surface area (Å²) in [5, 5.41) is 8.52. The average molecular weight is 383 g/mol. The van der Waals surface area contributed by atoms with E-state index < -0.39 is 0 Å². The van der Waals surface area contributed by atoms with Crippen LogP contribution in [0.2, 0.25) is 0 Å². The second-order valence-corrected chi connectivity index (χ2v) is 8.03. The van der Waals surface area contributed by atoms with Gasteiger partial charge in [-0.15, -0.1) is 5.10 Å². The molecule has 1 aromatic heterocycles. The van der Waals surface area contributed by atoms with Gasteiger partial charge in [-0.3, -0.25) is 0 Å². The second kappa shape index (κ2) is 10.3. The molecular formula is C19H31BrN2O. The third-order valence-corrected chi connectivity index (χ3v) is 6.02. The Morgan fingerprint density at radius 1 is 1.13 bits per heavy atom. The second-order valence-electron chi connectivity index (χ2n) is 6.85. The number of halogens is 1. The SMILES string of the molecule is CCCCOc1ccc(CC(Br)C2CCC(CCC)CC2)nn1. The zero-order valence-electron chi connectivity index (χ0n) is 14.6. The van der Waals surface area contributed by atoms with E-state index >= 15 is 0 Å². The van der Waals surface area contributed by atoms with Gasteiger partial charge in [-0.05, 0) is 37.2 Å². The lowest BCUT2D eigenvalue weighted by atomic mass is 9.78. The van der Waals surface area contributed by atoms with E-state index in [2.05, 4.69) is 46.0 Å². The maximum absolute atomic E-state index is 5.57. The van der Waals surface area contributed by atoms with Gasteiger partial charge in [-0.2, -0.15) is 5.10 Å². The first-order valence-corrected chi connectivity index (χ1v) is 10.2. The molecule has 0 amide bonds. The molecule has 0 saturated heterocycles. The maximum atomic E-state index is 5.57. The van der Waals surface area contributed by atoms with Crippen LogP contribution in [0, 0.1) is 11.8 Å². The van der Waals surface area contributed by atoms with Crippen LogP contribution in [0.5, 0.6) is 5.88 Å². The number of hydrogen-bond donors (Lipinski definition) is 0. The molecule has 3 nitrogen and oxygen atoms in total. The van der Waals surface area contributed by atoms with Crippen molar-refractivity contribution in [2.24, 2.45) is 11.8 Å². The molecule has 4 heteroatoms. The molecule has 1 atom stereocenters. The summed E-state index contributed by atoms with van der Waals surface area (Å²) in [6, 6.07) is 4.01. The van der Waals surface area contributed by atoms with Crippen LogP contribution in [0.15, 0.2) is 12.1 Å². The third-order valence-electron chi connectivity index (χ3n) is 4.95. The van der Waals surface area contributed by atoms with Gasteiger partial charge in [0.2, 0.25) is 5.88 Å². The van der Waals surface area contributed by atoms with Crippen molar-refractivity contribution in [1.29, 1.82) is 0 Å². The summed E-state index contributed by atoms with van der Waals surface area (Å²) in [6.45, 7) is 5.18. The quantitative estimate of drug-likeness (QED) is 0.413. The van der Waals surface area contributed by atoms with Gasteiger partial charge in [0.1, 0.15) is 0 Å². The van der Waals surface area contributed by atoms with Crippen LogP contribution in [0.4, 0.5) is 0 Å². The number of rotatable bonds is 9. The molecule has 1 aliphatic rings. The van der Waals surface area contributed by atoms with Crippen LogP contribution in [0.25, 0.3) is 0 Å². The summed E-state index contributed by atoms with van der Waals surface area (Å²) in [5.41, 5.74) is 1.06. The fourth-order valence-corrected chi connectivity index (χ4v) is 4.33. The fraction of sp³-hybridized carbons (Fsp3) is 0.789. The molecule has 130 valence electrons. The monoisotopic (exact) mass is 382 g/mol. The van der Waals surface area contributed by atoms with Crippen molar-refractivity contribution in [1.82, 2.24) is 10.2 Å². The van der Waals surface area contributed by atoms with E-state index in [9.17, 15) is 0 Å². The lowest BCUT2D eigenvalue weighted by Gasteiger charge is -2.31. The molecule has 1 saturated carbocycles. The van der Waals surface area contributed by atoms with Crippen molar-refractivity contribution >= 4 is 15.9 Å². The lowest BCUT2D eigenvalue weighted by Crippen LogP contribution is -2.23. The minimum Gasteiger partial charge on any atom is -0.477 e. The molecule has 1 unspecified atom stereocenters. The molecule has 2 rings (SSSR count). The van der Waals surface area contributed by atoms with Crippen LogP contribution in [-0.2, 0) is 6.42 Å². The minimum absolute atomic E-state index is 0.520. The van der Waals surface area contributed by atoms with Crippen molar-refractivity contribution in [2.75, 3.05) is 6.61 Å². The molecule has 0 bridgehead atoms. The zero-order chi connectivity index (χ0) is 16.5. The van der Waals surface area contributed by atoms with Crippen molar-refractivity contribution in [3.05, 3.63) is 17.8 Å². The predicted octanol–water partition coefficient (Wildman–Crippen LogP) is 5.57. The van der Waals surface area contributed by atoms with Crippen molar-refractivity contribution in [3.63, 3.8) is 0 Å². The average Bonchev–Trinajstić information content (AvgIpc) is 2.57. The summed E-state index contributed by atoms with van der Waals surface area (Å²) in [6.07, 6.45) is 11.4. The van der Waals surface area contributed by atoms with Gasteiger partial charge in [-0.1, -0.05) is 61.9 Å². The number of hydrogen-bond acceptors (Lipinski definition) is 3. The first-order chi connectivity index (χ1) is 11.2. The van der Waals surface area contributed by atoms with Crippen LogP contribution >= 0.6 is 15.9 Å². The normalized spacial score (nSPS) is 22.7.